The number of benzene rings is 1. The maximum absolute atomic E-state index is 12.8. The summed E-state index contributed by atoms with van der Waals surface area (Å²) in [6.07, 6.45) is 2.47. The predicted octanol–water partition coefficient (Wildman–Crippen LogP) is 3.64. The van der Waals surface area contributed by atoms with Gasteiger partial charge in [-0.1, -0.05) is 12.1 Å². The molecule has 136 valence electrons. The highest BCUT2D eigenvalue weighted by molar-refractivity contribution is 7.13. The first kappa shape index (κ1) is 18.3. The normalized spacial score (nSPS) is 11.5. The van der Waals surface area contributed by atoms with E-state index in [4.69, 9.17) is 4.74 Å². The van der Waals surface area contributed by atoms with Gasteiger partial charge in [-0.05, 0) is 44.5 Å². The molecule has 0 atom stereocenters. The third-order valence-corrected chi connectivity index (χ3v) is 4.79. The van der Waals surface area contributed by atoms with Gasteiger partial charge in [-0.3, -0.25) is 9.36 Å². The first-order chi connectivity index (χ1) is 12.7. The van der Waals surface area contributed by atoms with Crippen molar-refractivity contribution in [1.82, 2.24) is 9.55 Å². The third-order valence-electron chi connectivity index (χ3n) is 3.85. The van der Waals surface area contributed by atoms with Crippen molar-refractivity contribution in [2.45, 2.75) is 26.8 Å². The highest BCUT2D eigenvalue weighted by Crippen LogP contribution is 2.14. The van der Waals surface area contributed by atoms with Gasteiger partial charge in [-0.15, -0.1) is 11.3 Å². The standard InChI is InChI=1S/C19H22N4O2S/c1-3-25-12-6-11-23-18(24)16-7-4-5-8-17(16)21-19(23)22-20-13-15-10-9-14(2)26-15/h4-5,7-10,13H,3,6,11-12H2,1-2H3,(H,21,22)/b20-13-. The van der Waals surface area contributed by atoms with Crippen LogP contribution in [0.15, 0.2) is 46.3 Å². The second-order valence-corrected chi connectivity index (χ2v) is 7.10. The van der Waals surface area contributed by atoms with Crippen molar-refractivity contribution in [3.63, 3.8) is 0 Å². The van der Waals surface area contributed by atoms with Crippen molar-refractivity contribution >= 4 is 34.4 Å². The van der Waals surface area contributed by atoms with Crippen molar-refractivity contribution in [3.05, 3.63) is 56.5 Å². The minimum Gasteiger partial charge on any atom is -0.382 e. The Morgan fingerprint density at radius 3 is 2.92 bits per heavy atom. The SMILES string of the molecule is CCOCCCn1c(N/N=C\c2ccc(C)s2)nc2ccccc2c1=O. The fourth-order valence-corrected chi connectivity index (χ4v) is 3.36. The number of hydrogen-bond donors (Lipinski definition) is 1. The number of anilines is 1. The number of nitrogens with zero attached hydrogens (tertiary/aromatic N) is 3. The van der Waals surface area contributed by atoms with E-state index in [1.54, 1.807) is 28.2 Å². The molecule has 0 aliphatic rings. The van der Waals surface area contributed by atoms with Crippen LogP contribution >= 0.6 is 11.3 Å². The van der Waals surface area contributed by atoms with Crippen LogP contribution in [0.3, 0.4) is 0 Å². The van der Waals surface area contributed by atoms with Crippen LogP contribution in [0.25, 0.3) is 10.9 Å². The van der Waals surface area contributed by atoms with Crippen LogP contribution in [0.5, 0.6) is 0 Å². The fourth-order valence-electron chi connectivity index (χ4n) is 2.61. The zero-order valence-electron chi connectivity index (χ0n) is 14.9. The molecule has 0 aliphatic carbocycles. The van der Waals surface area contributed by atoms with Crippen molar-refractivity contribution in [1.29, 1.82) is 0 Å². The topological polar surface area (TPSA) is 68.5 Å². The molecule has 6 nitrogen and oxygen atoms in total. The van der Waals surface area contributed by atoms with Crippen LogP contribution in [-0.4, -0.2) is 29.0 Å². The van der Waals surface area contributed by atoms with E-state index in [-0.39, 0.29) is 5.56 Å². The summed E-state index contributed by atoms with van der Waals surface area (Å²) in [5.74, 6) is 0.440. The Bertz CT molecular complexity index is 962. The minimum absolute atomic E-state index is 0.0724. The van der Waals surface area contributed by atoms with Gasteiger partial charge in [0.1, 0.15) is 0 Å². The van der Waals surface area contributed by atoms with Gasteiger partial charge in [0.15, 0.2) is 0 Å². The summed E-state index contributed by atoms with van der Waals surface area (Å²) in [7, 11) is 0. The van der Waals surface area contributed by atoms with Gasteiger partial charge in [0.25, 0.3) is 5.56 Å². The molecule has 2 heterocycles. The molecule has 3 rings (SSSR count). The molecule has 0 radical (unpaired) electrons. The van der Waals surface area contributed by atoms with Crippen LogP contribution < -0.4 is 11.0 Å². The lowest BCUT2D eigenvalue weighted by Crippen LogP contribution is -2.25. The van der Waals surface area contributed by atoms with Gasteiger partial charge in [0, 0.05) is 29.5 Å². The average molecular weight is 370 g/mol. The molecule has 0 saturated heterocycles. The van der Waals surface area contributed by atoms with Gasteiger partial charge < -0.3 is 4.74 Å². The second kappa shape index (κ2) is 8.73. The van der Waals surface area contributed by atoms with Crippen molar-refractivity contribution in [2.24, 2.45) is 5.10 Å². The van der Waals surface area contributed by atoms with Crippen LogP contribution in [-0.2, 0) is 11.3 Å². The monoisotopic (exact) mass is 370 g/mol. The van der Waals surface area contributed by atoms with Crippen molar-refractivity contribution < 1.29 is 4.74 Å². The summed E-state index contributed by atoms with van der Waals surface area (Å²) in [5.41, 5.74) is 3.52. The van der Waals surface area contributed by atoms with Gasteiger partial charge in [-0.2, -0.15) is 5.10 Å². The zero-order chi connectivity index (χ0) is 18.4. The Morgan fingerprint density at radius 2 is 2.15 bits per heavy atom. The van der Waals surface area contributed by atoms with Gasteiger partial charge in [0.2, 0.25) is 5.95 Å². The molecule has 0 amide bonds. The number of para-hydroxylation sites is 1. The van der Waals surface area contributed by atoms with E-state index in [0.29, 0.717) is 36.6 Å². The Balaban J connectivity index is 1.87. The number of fused-ring (bicyclic) bond motifs is 1. The molecule has 0 saturated carbocycles. The average Bonchev–Trinajstić information content (AvgIpc) is 3.06. The smallest absolute Gasteiger partial charge is 0.262 e. The first-order valence-corrected chi connectivity index (χ1v) is 9.43. The molecule has 26 heavy (non-hydrogen) atoms. The summed E-state index contributed by atoms with van der Waals surface area (Å²) in [6.45, 7) is 5.80. The Morgan fingerprint density at radius 1 is 1.31 bits per heavy atom. The molecule has 3 aromatic rings. The minimum atomic E-state index is -0.0724. The highest BCUT2D eigenvalue weighted by Gasteiger charge is 2.10. The molecule has 7 heteroatoms. The summed E-state index contributed by atoms with van der Waals surface area (Å²) < 4.78 is 7.00. The lowest BCUT2D eigenvalue weighted by atomic mass is 10.2. The highest BCUT2D eigenvalue weighted by atomic mass is 32.1. The van der Waals surface area contributed by atoms with Crippen LogP contribution in [0, 0.1) is 6.92 Å². The summed E-state index contributed by atoms with van der Waals surface area (Å²) in [6, 6.07) is 11.4. The number of hydrogen-bond acceptors (Lipinski definition) is 6. The van der Waals surface area contributed by atoms with Crippen LogP contribution in [0.4, 0.5) is 5.95 Å². The van der Waals surface area contributed by atoms with E-state index < -0.39 is 0 Å². The maximum Gasteiger partial charge on any atom is 0.262 e. The number of ether oxygens (including phenoxy) is 1. The van der Waals surface area contributed by atoms with E-state index >= 15 is 0 Å². The van der Waals surface area contributed by atoms with E-state index in [1.807, 2.05) is 37.3 Å². The number of nitrogens with one attached hydrogen (secondary N) is 1. The molecule has 0 aliphatic heterocycles. The van der Waals surface area contributed by atoms with E-state index in [1.165, 1.54) is 4.88 Å². The number of rotatable bonds is 8. The number of aryl methyl sites for hydroxylation is 1. The lowest BCUT2D eigenvalue weighted by Gasteiger charge is -2.12. The Hall–Kier alpha value is -2.51. The molecule has 1 N–H and O–H groups in total. The molecule has 0 spiro atoms. The summed E-state index contributed by atoms with van der Waals surface area (Å²) >= 11 is 1.66. The second-order valence-electron chi connectivity index (χ2n) is 5.78. The number of hydrazone groups is 1. The fraction of sp³-hybridized carbons (Fsp3) is 0.316. The first-order valence-electron chi connectivity index (χ1n) is 8.62. The molecule has 2 aromatic heterocycles. The van der Waals surface area contributed by atoms with Gasteiger partial charge >= 0.3 is 0 Å². The van der Waals surface area contributed by atoms with Crippen molar-refractivity contribution in [2.75, 3.05) is 18.6 Å². The quantitative estimate of drug-likeness (QED) is 0.373. The molecule has 1 aromatic carbocycles. The largest absolute Gasteiger partial charge is 0.382 e. The predicted molar refractivity (Wildman–Crippen MR) is 107 cm³/mol. The zero-order valence-corrected chi connectivity index (χ0v) is 15.8. The van der Waals surface area contributed by atoms with E-state index in [0.717, 1.165) is 11.3 Å². The van der Waals surface area contributed by atoms with Gasteiger partial charge in [-0.25, -0.2) is 10.4 Å². The molecule has 0 fully saturated rings. The number of aromatic nitrogens is 2. The molecule has 0 unspecified atom stereocenters. The van der Waals surface area contributed by atoms with Crippen molar-refractivity contribution in [3.8, 4) is 0 Å². The summed E-state index contributed by atoms with van der Waals surface area (Å²) in [4.78, 5) is 19.7. The van der Waals surface area contributed by atoms with Crippen LogP contribution in [0.1, 0.15) is 23.1 Å². The number of thiophene rings is 1. The van der Waals surface area contributed by atoms with Crippen LogP contribution in [0.2, 0.25) is 0 Å². The van der Waals surface area contributed by atoms with E-state index in [2.05, 4.69) is 22.4 Å². The Labute approximate surface area is 156 Å². The summed E-state index contributed by atoms with van der Waals surface area (Å²) in [5, 5.41) is 4.86. The molecular weight excluding hydrogens is 348 g/mol. The van der Waals surface area contributed by atoms with Gasteiger partial charge in [0.05, 0.1) is 17.1 Å². The third kappa shape index (κ3) is 4.36. The maximum atomic E-state index is 12.8. The Kier molecular flexibility index (Phi) is 6.14. The molecular formula is C19H22N4O2S. The van der Waals surface area contributed by atoms with E-state index in [9.17, 15) is 4.79 Å². The lowest BCUT2D eigenvalue weighted by molar-refractivity contribution is 0.141. The molecule has 0 bridgehead atoms.